The van der Waals surface area contributed by atoms with Gasteiger partial charge < -0.3 is 9.84 Å². The summed E-state index contributed by atoms with van der Waals surface area (Å²) in [5.41, 5.74) is 1.91. The van der Waals surface area contributed by atoms with Crippen molar-refractivity contribution in [3.63, 3.8) is 0 Å². The summed E-state index contributed by atoms with van der Waals surface area (Å²) < 4.78 is 4.99. The quantitative estimate of drug-likeness (QED) is 0.518. The van der Waals surface area contributed by atoms with E-state index < -0.39 is 0 Å². The van der Waals surface area contributed by atoms with Crippen LogP contribution in [0.4, 0.5) is 0 Å². The number of ketones is 1. The van der Waals surface area contributed by atoms with E-state index in [1.807, 2.05) is 18.2 Å². The maximum Gasteiger partial charge on any atom is 0.168 e. The molecule has 2 aromatic rings. The Hall–Kier alpha value is -2.88. The van der Waals surface area contributed by atoms with Crippen LogP contribution >= 0.6 is 0 Å². The SMILES string of the molecule is C=CCc1cc(OC)c(O)c(C(C)=O)c1.O=Cc1ccccc1. The first kappa shape index (κ1) is 18.2. The molecule has 0 unspecified atom stereocenters. The van der Waals surface area contributed by atoms with Gasteiger partial charge in [-0.2, -0.15) is 0 Å². The lowest BCUT2D eigenvalue weighted by atomic mass is 10.0. The molecule has 0 aromatic heterocycles. The highest BCUT2D eigenvalue weighted by molar-refractivity contribution is 5.97. The van der Waals surface area contributed by atoms with Gasteiger partial charge in [0.25, 0.3) is 0 Å². The third-order valence-corrected chi connectivity index (χ3v) is 3.05. The number of phenols is 1. The zero-order chi connectivity index (χ0) is 17.2. The Labute approximate surface area is 136 Å². The average molecular weight is 312 g/mol. The fourth-order valence-corrected chi connectivity index (χ4v) is 1.90. The van der Waals surface area contributed by atoms with Gasteiger partial charge in [-0.15, -0.1) is 6.58 Å². The van der Waals surface area contributed by atoms with Crippen LogP contribution in [0.3, 0.4) is 0 Å². The molecule has 0 aliphatic carbocycles. The summed E-state index contributed by atoms with van der Waals surface area (Å²) in [5, 5.41) is 9.68. The summed E-state index contributed by atoms with van der Waals surface area (Å²) in [7, 11) is 1.46. The van der Waals surface area contributed by atoms with Crippen LogP contribution in [0.1, 0.15) is 33.2 Å². The van der Waals surface area contributed by atoms with Gasteiger partial charge in [0.05, 0.1) is 12.7 Å². The molecule has 0 atom stereocenters. The van der Waals surface area contributed by atoms with Crippen molar-refractivity contribution in [3.05, 3.63) is 71.8 Å². The first-order valence-electron chi connectivity index (χ1n) is 7.05. The summed E-state index contributed by atoms with van der Waals surface area (Å²) in [6, 6.07) is 12.5. The summed E-state index contributed by atoms with van der Waals surface area (Å²) in [4.78, 5) is 21.3. The molecule has 0 spiro atoms. The summed E-state index contributed by atoms with van der Waals surface area (Å²) in [6.07, 6.45) is 3.20. The van der Waals surface area contributed by atoms with E-state index in [1.165, 1.54) is 14.0 Å². The highest BCUT2D eigenvalue weighted by atomic mass is 16.5. The molecular formula is C19H20O4. The summed E-state index contributed by atoms with van der Waals surface area (Å²) in [5.74, 6) is 0.0362. The van der Waals surface area contributed by atoms with Gasteiger partial charge in [0.2, 0.25) is 0 Å². The zero-order valence-corrected chi connectivity index (χ0v) is 13.3. The number of allylic oxidation sites excluding steroid dienone is 1. The molecule has 2 rings (SSSR count). The number of hydrogen-bond donors (Lipinski definition) is 1. The highest BCUT2D eigenvalue weighted by Crippen LogP contribution is 2.31. The molecule has 0 saturated carbocycles. The molecule has 0 bridgehead atoms. The van der Waals surface area contributed by atoms with Gasteiger partial charge in [-0.3, -0.25) is 9.59 Å². The van der Waals surface area contributed by atoms with E-state index in [1.54, 1.807) is 30.3 Å². The van der Waals surface area contributed by atoms with Crippen LogP contribution < -0.4 is 4.74 Å². The monoisotopic (exact) mass is 312 g/mol. The average Bonchev–Trinajstić information content (AvgIpc) is 2.57. The van der Waals surface area contributed by atoms with Crippen LogP contribution in [-0.2, 0) is 6.42 Å². The molecule has 0 amide bonds. The fraction of sp³-hybridized carbons (Fsp3) is 0.158. The highest BCUT2D eigenvalue weighted by Gasteiger charge is 2.13. The van der Waals surface area contributed by atoms with Crippen LogP contribution in [0.2, 0.25) is 0 Å². The molecule has 4 heteroatoms. The number of aromatic hydroxyl groups is 1. The number of phenolic OH excluding ortho intramolecular Hbond substituents is 1. The Morgan fingerprint density at radius 3 is 2.35 bits per heavy atom. The van der Waals surface area contributed by atoms with E-state index in [2.05, 4.69) is 6.58 Å². The van der Waals surface area contributed by atoms with E-state index in [-0.39, 0.29) is 17.1 Å². The Morgan fingerprint density at radius 2 is 1.91 bits per heavy atom. The summed E-state index contributed by atoms with van der Waals surface area (Å²) in [6.45, 7) is 5.03. The van der Waals surface area contributed by atoms with Gasteiger partial charge in [-0.05, 0) is 31.0 Å². The molecule has 4 nitrogen and oxygen atoms in total. The van der Waals surface area contributed by atoms with Gasteiger partial charge in [0.1, 0.15) is 6.29 Å². The first-order chi connectivity index (χ1) is 11.0. The molecular weight excluding hydrogens is 292 g/mol. The Morgan fingerprint density at radius 1 is 1.26 bits per heavy atom. The lowest BCUT2D eigenvalue weighted by Crippen LogP contribution is -1.97. The van der Waals surface area contributed by atoms with E-state index in [0.29, 0.717) is 12.2 Å². The minimum Gasteiger partial charge on any atom is -0.504 e. The standard InChI is InChI=1S/C12H14O3.C7H6O/c1-4-5-9-6-10(8(2)13)12(14)11(7-9)15-3;8-6-7-4-2-1-3-5-7/h4,6-7,14H,1,5H2,2-3H3;1-6H. The zero-order valence-electron chi connectivity index (χ0n) is 13.3. The topological polar surface area (TPSA) is 63.6 Å². The molecule has 0 aliphatic heterocycles. The van der Waals surface area contributed by atoms with Crippen molar-refractivity contribution >= 4 is 12.1 Å². The molecule has 0 aliphatic rings. The van der Waals surface area contributed by atoms with Crippen molar-refractivity contribution < 1.29 is 19.4 Å². The van der Waals surface area contributed by atoms with Crippen LogP contribution in [0, 0.1) is 0 Å². The van der Waals surface area contributed by atoms with Crippen LogP contribution in [0.15, 0.2) is 55.1 Å². The summed E-state index contributed by atoms with van der Waals surface area (Å²) >= 11 is 0. The third kappa shape index (κ3) is 5.43. The molecule has 23 heavy (non-hydrogen) atoms. The Balaban J connectivity index is 0.000000277. The first-order valence-corrected chi connectivity index (χ1v) is 7.05. The minimum absolute atomic E-state index is 0.0992. The number of carbonyl (C=O) groups is 2. The Kier molecular flexibility index (Phi) is 7.27. The van der Waals surface area contributed by atoms with Crippen molar-refractivity contribution in [1.29, 1.82) is 0 Å². The number of hydrogen-bond acceptors (Lipinski definition) is 4. The number of Topliss-reactive ketones (excluding diaryl/α,β-unsaturated/α-hetero) is 1. The Bertz CT molecular complexity index is 675. The molecule has 2 aromatic carbocycles. The lowest BCUT2D eigenvalue weighted by Gasteiger charge is -2.09. The number of methoxy groups -OCH3 is 1. The maximum atomic E-state index is 11.2. The largest absolute Gasteiger partial charge is 0.504 e. The molecule has 1 N–H and O–H groups in total. The second-order valence-electron chi connectivity index (χ2n) is 4.77. The van der Waals surface area contributed by atoms with Gasteiger partial charge in [-0.25, -0.2) is 0 Å². The molecule has 0 saturated heterocycles. The number of aldehydes is 1. The van der Waals surface area contributed by atoms with Gasteiger partial charge in [-0.1, -0.05) is 36.4 Å². The van der Waals surface area contributed by atoms with Gasteiger partial charge >= 0.3 is 0 Å². The number of ether oxygens (including phenoxy) is 1. The number of carbonyl (C=O) groups excluding carboxylic acids is 2. The smallest absolute Gasteiger partial charge is 0.168 e. The molecule has 120 valence electrons. The van der Waals surface area contributed by atoms with Crippen LogP contribution in [0.5, 0.6) is 11.5 Å². The lowest BCUT2D eigenvalue weighted by molar-refractivity contribution is 0.101. The molecule has 0 radical (unpaired) electrons. The predicted molar refractivity (Wildman–Crippen MR) is 90.4 cm³/mol. The second-order valence-corrected chi connectivity index (χ2v) is 4.77. The van der Waals surface area contributed by atoms with Gasteiger partial charge in [0, 0.05) is 5.56 Å². The normalized spacial score (nSPS) is 9.30. The number of benzene rings is 2. The maximum absolute atomic E-state index is 11.2. The molecule has 0 heterocycles. The van der Waals surface area contributed by atoms with E-state index >= 15 is 0 Å². The van der Waals surface area contributed by atoms with E-state index in [4.69, 9.17) is 4.74 Å². The van der Waals surface area contributed by atoms with Crippen molar-refractivity contribution in [2.45, 2.75) is 13.3 Å². The van der Waals surface area contributed by atoms with Crippen LogP contribution in [0.25, 0.3) is 0 Å². The van der Waals surface area contributed by atoms with Crippen molar-refractivity contribution in [3.8, 4) is 11.5 Å². The molecule has 0 fully saturated rings. The van der Waals surface area contributed by atoms with Gasteiger partial charge in [0.15, 0.2) is 17.3 Å². The second kappa shape index (κ2) is 9.20. The fourth-order valence-electron chi connectivity index (χ4n) is 1.90. The van der Waals surface area contributed by atoms with E-state index in [9.17, 15) is 14.7 Å². The van der Waals surface area contributed by atoms with Crippen molar-refractivity contribution in [1.82, 2.24) is 0 Å². The minimum atomic E-state index is -0.184. The number of rotatable bonds is 5. The van der Waals surface area contributed by atoms with Crippen molar-refractivity contribution in [2.75, 3.05) is 7.11 Å². The third-order valence-electron chi connectivity index (χ3n) is 3.05. The predicted octanol–water partition coefficient (Wildman–Crippen LogP) is 3.83. The van der Waals surface area contributed by atoms with Crippen molar-refractivity contribution in [2.24, 2.45) is 0 Å². The van der Waals surface area contributed by atoms with Crippen LogP contribution in [-0.4, -0.2) is 24.3 Å². The van der Waals surface area contributed by atoms with E-state index in [0.717, 1.165) is 17.4 Å².